The Morgan fingerprint density at radius 2 is 2.00 bits per heavy atom. The number of hydrogen-bond donors (Lipinski definition) is 1. The summed E-state index contributed by atoms with van der Waals surface area (Å²) in [6, 6.07) is 10.9. The normalized spacial score (nSPS) is 17.5. The predicted octanol–water partition coefficient (Wildman–Crippen LogP) is 2.21. The summed E-state index contributed by atoms with van der Waals surface area (Å²) in [6.07, 6.45) is 3.39. The fraction of sp³-hybridized carbons (Fsp3) is 0.375. The van der Waals surface area contributed by atoms with E-state index in [2.05, 4.69) is 50.7 Å². The van der Waals surface area contributed by atoms with E-state index in [1.807, 2.05) is 0 Å². The van der Waals surface area contributed by atoms with Crippen molar-refractivity contribution in [3.63, 3.8) is 0 Å². The molecule has 0 bridgehead atoms. The van der Waals surface area contributed by atoms with E-state index in [4.69, 9.17) is 0 Å². The predicted molar refractivity (Wildman–Crippen MR) is 79.2 cm³/mol. The molecule has 0 aliphatic carbocycles. The Morgan fingerprint density at radius 3 is 3.00 bits per heavy atom. The number of anilines is 2. The number of aromatic nitrogens is 2. The molecular formula is C16H18N4. The molecule has 0 atom stereocenters. The monoisotopic (exact) mass is 266 g/mol. The molecule has 4 heteroatoms. The maximum atomic E-state index is 4.45. The van der Waals surface area contributed by atoms with Gasteiger partial charge in [0.25, 0.3) is 0 Å². The molecule has 2 aliphatic heterocycles. The third-order valence-electron chi connectivity index (χ3n) is 4.20. The molecule has 4 nitrogen and oxygen atoms in total. The minimum Gasteiger partial charge on any atom is -0.325 e. The smallest absolute Gasteiger partial charge is 0.155 e. The highest BCUT2D eigenvalue weighted by Gasteiger charge is 2.20. The van der Waals surface area contributed by atoms with Crippen LogP contribution in [0, 0.1) is 0 Å². The molecule has 20 heavy (non-hydrogen) atoms. The van der Waals surface area contributed by atoms with Crippen LogP contribution in [-0.2, 0) is 19.4 Å². The SMILES string of the molecule is c1ccc2c(c1)CCCN2c1cc2c(nn1)CNCC2. The molecular weight excluding hydrogens is 248 g/mol. The Morgan fingerprint density at radius 1 is 1.05 bits per heavy atom. The lowest BCUT2D eigenvalue weighted by molar-refractivity contribution is 0.614. The van der Waals surface area contributed by atoms with Crippen molar-refractivity contribution in [2.75, 3.05) is 18.0 Å². The number of nitrogens with zero attached hydrogens (tertiary/aromatic N) is 3. The summed E-state index contributed by atoms with van der Waals surface area (Å²) < 4.78 is 0. The van der Waals surface area contributed by atoms with E-state index >= 15 is 0 Å². The number of para-hydroxylation sites is 1. The molecule has 0 fully saturated rings. The molecule has 1 aromatic carbocycles. The number of benzene rings is 1. The molecule has 0 saturated heterocycles. The minimum atomic E-state index is 0.846. The topological polar surface area (TPSA) is 41.1 Å². The fourth-order valence-electron chi connectivity index (χ4n) is 3.14. The summed E-state index contributed by atoms with van der Waals surface area (Å²) in [6.45, 7) is 2.91. The first-order valence-electron chi connectivity index (χ1n) is 7.33. The van der Waals surface area contributed by atoms with Crippen LogP contribution in [-0.4, -0.2) is 23.3 Å². The van der Waals surface area contributed by atoms with Gasteiger partial charge in [-0.05, 0) is 49.1 Å². The van der Waals surface area contributed by atoms with E-state index < -0.39 is 0 Å². The lowest BCUT2D eigenvalue weighted by atomic mass is 10.0. The zero-order valence-corrected chi connectivity index (χ0v) is 11.5. The van der Waals surface area contributed by atoms with Crippen molar-refractivity contribution in [3.05, 3.63) is 47.2 Å². The lowest BCUT2D eigenvalue weighted by Gasteiger charge is -2.30. The van der Waals surface area contributed by atoms with Crippen molar-refractivity contribution >= 4 is 11.5 Å². The van der Waals surface area contributed by atoms with Crippen LogP contribution in [0.4, 0.5) is 11.5 Å². The standard InChI is InChI=1S/C16H18N4/c1-2-6-15-12(4-1)5-3-9-20(15)16-10-13-7-8-17-11-14(13)18-19-16/h1-2,4,6,10,17H,3,5,7-9,11H2. The number of fused-ring (bicyclic) bond motifs is 2. The zero-order chi connectivity index (χ0) is 13.4. The summed E-state index contributed by atoms with van der Waals surface area (Å²) in [5.41, 5.74) is 5.16. The van der Waals surface area contributed by atoms with E-state index in [1.165, 1.54) is 23.2 Å². The Kier molecular flexibility index (Phi) is 2.89. The van der Waals surface area contributed by atoms with Crippen LogP contribution in [0.25, 0.3) is 0 Å². The van der Waals surface area contributed by atoms with Crippen LogP contribution >= 0.6 is 0 Å². The van der Waals surface area contributed by atoms with Crippen LogP contribution in [0.1, 0.15) is 23.2 Å². The van der Waals surface area contributed by atoms with E-state index in [0.717, 1.165) is 44.0 Å². The summed E-state index contributed by atoms with van der Waals surface area (Å²) in [5, 5.41) is 12.2. The van der Waals surface area contributed by atoms with Crippen LogP contribution < -0.4 is 10.2 Å². The van der Waals surface area contributed by atoms with Gasteiger partial charge in [0.15, 0.2) is 5.82 Å². The second-order valence-electron chi connectivity index (χ2n) is 5.49. The van der Waals surface area contributed by atoms with Crippen LogP contribution in [0.5, 0.6) is 0 Å². The van der Waals surface area contributed by atoms with Gasteiger partial charge in [0.05, 0.1) is 5.69 Å². The van der Waals surface area contributed by atoms with Gasteiger partial charge in [-0.2, -0.15) is 5.10 Å². The molecule has 2 aliphatic rings. The van der Waals surface area contributed by atoms with E-state index in [9.17, 15) is 0 Å². The molecule has 0 amide bonds. The van der Waals surface area contributed by atoms with Crippen molar-refractivity contribution in [1.82, 2.24) is 15.5 Å². The molecule has 0 unspecified atom stereocenters. The average Bonchev–Trinajstić information content (AvgIpc) is 2.54. The molecule has 4 rings (SSSR count). The van der Waals surface area contributed by atoms with Gasteiger partial charge in [0.2, 0.25) is 0 Å². The van der Waals surface area contributed by atoms with Gasteiger partial charge in [-0.25, -0.2) is 0 Å². The quantitative estimate of drug-likeness (QED) is 0.859. The van der Waals surface area contributed by atoms with Gasteiger partial charge in [0.1, 0.15) is 0 Å². The molecule has 1 aromatic heterocycles. The number of aryl methyl sites for hydroxylation is 1. The Bertz CT molecular complexity index is 638. The molecule has 1 N–H and O–H groups in total. The summed E-state index contributed by atoms with van der Waals surface area (Å²) in [4.78, 5) is 2.31. The van der Waals surface area contributed by atoms with Crippen LogP contribution in [0.3, 0.4) is 0 Å². The first kappa shape index (κ1) is 11.9. The van der Waals surface area contributed by atoms with Gasteiger partial charge in [-0.3, -0.25) is 0 Å². The first-order valence-corrected chi connectivity index (χ1v) is 7.33. The van der Waals surface area contributed by atoms with Crippen molar-refractivity contribution in [1.29, 1.82) is 0 Å². The molecule has 0 radical (unpaired) electrons. The highest BCUT2D eigenvalue weighted by molar-refractivity contribution is 5.65. The lowest BCUT2D eigenvalue weighted by Crippen LogP contribution is -2.28. The van der Waals surface area contributed by atoms with E-state index in [1.54, 1.807) is 0 Å². The number of rotatable bonds is 1. The molecule has 102 valence electrons. The van der Waals surface area contributed by atoms with Gasteiger partial charge in [-0.15, -0.1) is 5.10 Å². The molecule has 3 heterocycles. The maximum absolute atomic E-state index is 4.45. The molecule has 2 aromatic rings. The molecule has 0 saturated carbocycles. The third-order valence-corrected chi connectivity index (χ3v) is 4.20. The second-order valence-corrected chi connectivity index (χ2v) is 5.49. The largest absolute Gasteiger partial charge is 0.325 e. The Labute approximate surface area is 118 Å². The number of nitrogens with one attached hydrogen (secondary N) is 1. The maximum Gasteiger partial charge on any atom is 0.155 e. The zero-order valence-electron chi connectivity index (χ0n) is 11.5. The van der Waals surface area contributed by atoms with Crippen molar-refractivity contribution in [3.8, 4) is 0 Å². The summed E-state index contributed by atoms with van der Waals surface area (Å²) in [7, 11) is 0. The first-order chi connectivity index (χ1) is 9.92. The van der Waals surface area contributed by atoms with Crippen molar-refractivity contribution < 1.29 is 0 Å². The Hall–Kier alpha value is -1.94. The van der Waals surface area contributed by atoms with Gasteiger partial charge in [-0.1, -0.05) is 18.2 Å². The Balaban J connectivity index is 1.75. The highest BCUT2D eigenvalue weighted by atomic mass is 15.3. The minimum absolute atomic E-state index is 0.846. The highest BCUT2D eigenvalue weighted by Crippen LogP contribution is 2.32. The van der Waals surface area contributed by atoms with Crippen LogP contribution in [0.15, 0.2) is 30.3 Å². The van der Waals surface area contributed by atoms with Gasteiger partial charge >= 0.3 is 0 Å². The average molecular weight is 266 g/mol. The summed E-state index contributed by atoms with van der Waals surface area (Å²) >= 11 is 0. The van der Waals surface area contributed by atoms with Crippen molar-refractivity contribution in [2.45, 2.75) is 25.8 Å². The van der Waals surface area contributed by atoms with Crippen molar-refractivity contribution in [2.24, 2.45) is 0 Å². The summed E-state index contributed by atoms with van der Waals surface area (Å²) in [5.74, 6) is 0.998. The second kappa shape index (κ2) is 4.87. The van der Waals surface area contributed by atoms with E-state index in [0.29, 0.717) is 0 Å². The van der Waals surface area contributed by atoms with E-state index in [-0.39, 0.29) is 0 Å². The fourth-order valence-corrected chi connectivity index (χ4v) is 3.14. The third kappa shape index (κ3) is 1.96. The van der Waals surface area contributed by atoms with Crippen LogP contribution in [0.2, 0.25) is 0 Å². The van der Waals surface area contributed by atoms with Gasteiger partial charge in [0, 0.05) is 18.8 Å². The molecule has 0 spiro atoms. The number of hydrogen-bond acceptors (Lipinski definition) is 4. The van der Waals surface area contributed by atoms with Gasteiger partial charge < -0.3 is 10.2 Å².